The first-order valence-electron chi connectivity index (χ1n) is 7.34. The first kappa shape index (κ1) is 19.0. The van der Waals surface area contributed by atoms with Crippen molar-refractivity contribution in [3.8, 4) is 5.75 Å². The third-order valence-corrected chi connectivity index (χ3v) is 3.75. The van der Waals surface area contributed by atoms with Gasteiger partial charge in [0.1, 0.15) is 11.6 Å². The van der Waals surface area contributed by atoms with Crippen LogP contribution in [0.25, 0.3) is 0 Å². The summed E-state index contributed by atoms with van der Waals surface area (Å²) in [5, 5.41) is 3.47. The molecular weight excluding hydrogens is 370 g/mol. The molecule has 0 fully saturated rings. The van der Waals surface area contributed by atoms with E-state index in [9.17, 15) is 14.0 Å². The molecule has 2 rings (SSSR count). The van der Waals surface area contributed by atoms with E-state index in [2.05, 4.69) is 5.32 Å². The summed E-state index contributed by atoms with van der Waals surface area (Å²) < 4.78 is 18.9. The Morgan fingerprint density at radius 2 is 1.92 bits per heavy atom. The molecule has 2 amide bonds. The number of amides is 2. The second-order valence-corrected chi connectivity index (χ2v) is 5.98. The maximum absolute atomic E-state index is 13.4. The molecule has 2 aromatic carbocycles. The molecule has 5 nitrogen and oxygen atoms in total. The van der Waals surface area contributed by atoms with Gasteiger partial charge in [-0.1, -0.05) is 23.2 Å². The molecule has 0 aliphatic carbocycles. The van der Waals surface area contributed by atoms with Crippen LogP contribution in [-0.4, -0.2) is 18.4 Å². The summed E-state index contributed by atoms with van der Waals surface area (Å²) in [4.78, 5) is 23.0. The van der Waals surface area contributed by atoms with Gasteiger partial charge in [-0.2, -0.15) is 0 Å². The van der Waals surface area contributed by atoms with E-state index in [0.717, 1.165) is 6.07 Å². The lowest BCUT2D eigenvalue weighted by Crippen LogP contribution is -2.16. The molecule has 0 saturated carbocycles. The van der Waals surface area contributed by atoms with Crippen molar-refractivity contribution in [2.75, 3.05) is 11.9 Å². The van der Waals surface area contributed by atoms with Gasteiger partial charge in [0.2, 0.25) is 5.91 Å². The van der Waals surface area contributed by atoms with Crippen molar-refractivity contribution in [1.29, 1.82) is 0 Å². The lowest BCUT2D eigenvalue weighted by atomic mass is 10.1. The van der Waals surface area contributed by atoms with Gasteiger partial charge < -0.3 is 15.8 Å². The maximum atomic E-state index is 13.4. The predicted octanol–water partition coefficient (Wildman–Crippen LogP) is 4.03. The monoisotopic (exact) mass is 384 g/mol. The minimum atomic E-state index is -0.901. The highest BCUT2D eigenvalue weighted by molar-refractivity contribution is 6.35. The van der Waals surface area contributed by atoms with Crippen molar-refractivity contribution in [2.45, 2.75) is 12.8 Å². The molecule has 0 aliphatic heterocycles. The Morgan fingerprint density at radius 3 is 2.60 bits per heavy atom. The summed E-state index contributed by atoms with van der Waals surface area (Å²) in [7, 11) is 0. The van der Waals surface area contributed by atoms with Crippen molar-refractivity contribution < 1.29 is 18.7 Å². The quantitative estimate of drug-likeness (QED) is 0.707. The van der Waals surface area contributed by atoms with Crippen molar-refractivity contribution >= 4 is 40.7 Å². The van der Waals surface area contributed by atoms with Crippen LogP contribution in [0.3, 0.4) is 0 Å². The number of nitrogens with one attached hydrogen (secondary N) is 1. The smallest absolute Gasteiger partial charge is 0.251 e. The Labute approximate surface area is 153 Å². The van der Waals surface area contributed by atoms with E-state index in [-0.39, 0.29) is 24.5 Å². The maximum Gasteiger partial charge on any atom is 0.251 e. The molecule has 0 saturated heterocycles. The highest BCUT2D eigenvalue weighted by Gasteiger charge is 2.11. The van der Waals surface area contributed by atoms with Crippen molar-refractivity contribution in [3.63, 3.8) is 0 Å². The number of anilines is 1. The lowest BCUT2D eigenvalue weighted by Gasteiger charge is -2.09. The number of hydrogen-bond donors (Lipinski definition) is 2. The fourth-order valence-electron chi connectivity index (χ4n) is 2.02. The molecule has 0 radical (unpaired) electrons. The van der Waals surface area contributed by atoms with Gasteiger partial charge in [-0.25, -0.2) is 4.39 Å². The zero-order valence-corrected chi connectivity index (χ0v) is 14.5. The highest BCUT2D eigenvalue weighted by atomic mass is 35.5. The van der Waals surface area contributed by atoms with E-state index < -0.39 is 11.7 Å². The second kappa shape index (κ2) is 8.69. The van der Waals surface area contributed by atoms with Crippen LogP contribution in [0, 0.1) is 5.82 Å². The molecule has 0 heterocycles. The number of halogens is 3. The third-order valence-electron chi connectivity index (χ3n) is 3.22. The van der Waals surface area contributed by atoms with E-state index in [1.54, 1.807) is 18.2 Å². The molecule has 132 valence electrons. The number of rotatable bonds is 7. The second-order valence-electron chi connectivity index (χ2n) is 5.13. The lowest BCUT2D eigenvalue weighted by molar-refractivity contribution is -0.116. The van der Waals surface area contributed by atoms with Gasteiger partial charge >= 0.3 is 0 Å². The molecule has 0 spiro atoms. The molecule has 0 bridgehead atoms. The topological polar surface area (TPSA) is 81.4 Å². The number of nitrogens with two attached hydrogens (primary N) is 1. The molecule has 8 heteroatoms. The van der Waals surface area contributed by atoms with Gasteiger partial charge in [0.05, 0.1) is 17.2 Å². The molecule has 25 heavy (non-hydrogen) atoms. The molecule has 0 atom stereocenters. The van der Waals surface area contributed by atoms with Gasteiger partial charge in [-0.3, -0.25) is 9.59 Å². The highest BCUT2D eigenvalue weighted by Crippen LogP contribution is 2.27. The third kappa shape index (κ3) is 5.62. The number of benzene rings is 2. The molecular formula is C17H15Cl2FN2O3. The van der Waals surface area contributed by atoms with Crippen LogP contribution in [0.5, 0.6) is 5.75 Å². The van der Waals surface area contributed by atoms with E-state index >= 15 is 0 Å². The number of carbonyl (C=O) groups excluding carboxylic acids is 2. The van der Waals surface area contributed by atoms with Gasteiger partial charge in [0.15, 0.2) is 0 Å². The van der Waals surface area contributed by atoms with E-state index in [4.69, 9.17) is 33.7 Å². The summed E-state index contributed by atoms with van der Waals surface area (Å²) in [6.45, 7) is 0.282. The molecule has 3 N–H and O–H groups in total. The van der Waals surface area contributed by atoms with Crippen LogP contribution in [0.2, 0.25) is 10.0 Å². The number of ether oxygens (including phenoxy) is 1. The standard InChI is InChI=1S/C17H15Cl2FN2O3/c18-10-3-6-15(13(19)8-10)25-7-1-2-16(23)22-11-4-5-14(20)12(9-11)17(21)24/h3-6,8-9H,1-2,7H2,(H2,21,24)(H,22,23). The van der Waals surface area contributed by atoms with E-state index in [0.29, 0.717) is 27.9 Å². The molecule has 0 unspecified atom stereocenters. The largest absolute Gasteiger partial charge is 0.492 e. The van der Waals surface area contributed by atoms with Gasteiger partial charge in [-0.15, -0.1) is 0 Å². The normalized spacial score (nSPS) is 10.4. The number of primary amides is 1. The Hall–Kier alpha value is -2.31. The zero-order valence-electron chi connectivity index (χ0n) is 13.0. The average molecular weight is 385 g/mol. The van der Waals surface area contributed by atoms with Crippen LogP contribution in [0.15, 0.2) is 36.4 Å². The van der Waals surface area contributed by atoms with E-state index in [1.165, 1.54) is 12.1 Å². The zero-order chi connectivity index (χ0) is 18.4. The summed E-state index contributed by atoms with van der Waals surface area (Å²) in [5.41, 5.74) is 5.08. The Kier molecular flexibility index (Phi) is 6.61. The predicted molar refractivity (Wildman–Crippen MR) is 94.7 cm³/mol. The van der Waals surface area contributed by atoms with Crippen LogP contribution >= 0.6 is 23.2 Å². The first-order valence-corrected chi connectivity index (χ1v) is 8.09. The summed E-state index contributed by atoms with van der Waals surface area (Å²) in [5.74, 6) is -1.45. The van der Waals surface area contributed by atoms with Crippen molar-refractivity contribution in [3.05, 3.63) is 57.8 Å². The Bertz CT molecular complexity index is 799. The fourth-order valence-corrected chi connectivity index (χ4v) is 2.49. The van der Waals surface area contributed by atoms with Gasteiger partial charge in [0, 0.05) is 17.1 Å². The van der Waals surface area contributed by atoms with E-state index in [1.807, 2.05) is 0 Å². The molecule has 0 aromatic heterocycles. The van der Waals surface area contributed by atoms with Gasteiger partial charge in [0.25, 0.3) is 5.91 Å². The minimum absolute atomic E-state index is 0.175. The average Bonchev–Trinajstić information content (AvgIpc) is 2.54. The number of hydrogen-bond acceptors (Lipinski definition) is 3. The Morgan fingerprint density at radius 1 is 1.16 bits per heavy atom. The molecule has 2 aromatic rings. The van der Waals surface area contributed by atoms with Crippen LogP contribution in [0.1, 0.15) is 23.2 Å². The SMILES string of the molecule is NC(=O)c1cc(NC(=O)CCCOc2ccc(Cl)cc2Cl)ccc1F. The van der Waals surface area contributed by atoms with Crippen LogP contribution < -0.4 is 15.8 Å². The van der Waals surface area contributed by atoms with Crippen LogP contribution in [0.4, 0.5) is 10.1 Å². The summed E-state index contributed by atoms with van der Waals surface area (Å²) in [6.07, 6.45) is 0.614. The summed E-state index contributed by atoms with van der Waals surface area (Å²) in [6, 6.07) is 8.48. The summed E-state index contributed by atoms with van der Waals surface area (Å²) >= 11 is 11.8. The Balaban J connectivity index is 1.81. The number of carbonyl (C=O) groups is 2. The first-order chi connectivity index (χ1) is 11.9. The van der Waals surface area contributed by atoms with Gasteiger partial charge in [-0.05, 0) is 42.8 Å². The van der Waals surface area contributed by atoms with Crippen molar-refractivity contribution in [2.24, 2.45) is 5.73 Å². The minimum Gasteiger partial charge on any atom is -0.492 e. The fraction of sp³-hybridized carbons (Fsp3) is 0.176. The van der Waals surface area contributed by atoms with Crippen molar-refractivity contribution in [1.82, 2.24) is 0 Å². The molecule has 0 aliphatic rings. The van der Waals surface area contributed by atoms with Crippen LogP contribution in [-0.2, 0) is 4.79 Å².